The summed E-state index contributed by atoms with van der Waals surface area (Å²) in [6, 6.07) is 11.8. The van der Waals surface area contributed by atoms with Crippen LogP contribution in [-0.4, -0.2) is 12.6 Å². The van der Waals surface area contributed by atoms with Crippen LogP contribution in [0.15, 0.2) is 40.9 Å². The largest absolute Gasteiger partial charge is 0.493 e. The first kappa shape index (κ1) is 23.1. The number of methoxy groups -OCH3 is 1. The van der Waals surface area contributed by atoms with Crippen LogP contribution >= 0.6 is 27.5 Å². The third-order valence-corrected chi connectivity index (χ3v) is 5.13. The molecule has 0 heterocycles. The van der Waals surface area contributed by atoms with Crippen LogP contribution in [0.4, 0.5) is 0 Å². The lowest BCUT2D eigenvalue weighted by molar-refractivity contribution is 0.240. The maximum absolute atomic E-state index is 6.05. The molecule has 0 amide bonds. The normalized spacial score (nSPS) is 12.1. The second-order valence-corrected chi connectivity index (χ2v) is 10.3. The van der Waals surface area contributed by atoms with Gasteiger partial charge in [-0.1, -0.05) is 44.5 Å². The molecule has 2 aromatic carbocycles. The van der Waals surface area contributed by atoms with Gasteiger partial charge in [-0.2, -0.15) is 0 Å². The van der Waals surface area contributed by atoms with Crippen LogP contribution in [0, 0.1) is 5.41 Å². The van der Waals surface area contributed by atoms with Crippen molar-refractivity contribution in [2.24, 2.45) is 5.41 Å². The lowest BCUT2D eigenvalue weighted by atomic mass is 9.82. The van der Waals surface area contributed by atoms with Gasteiger partial charge in [0.05, 0.1) is 11.6 Å². The van der Waals surface area contributed by atoms with Gasteiger partial charge in [-0.3, -0.25) is 0 Å². The number of halogens is 2. The Morgan fingerprint density at radius 1 is 1.04 bits per heavy atom. The molecule has 2 rings (SSSR count). The van der Waals surface area contributed by atoms with E-state index in [4.69, 9.17) is 21.1 Å². The van der Waals surface area contributed by atoms with E-state index in [2.05, 4.69) is 61.9 Å². The highest BCUT2D eigenvalue weighted by atomic mass is 79.9. The van der Waals surface area contributed by atoms with Crippen LogP contribution < -0.4 is 14.8 Å². The van der Waals surface area contributed by atoms with E-state index in [0.717, 1.165) is 28.6 Å². The molecular formula is C23H31BrClNO2. The Morgan fingerprint density at radius 3 is 2.36 bits per heavy atom. The summed E-state index contributed by atoms with van der Waals surface area (Å²) in [4.78, 5) is 0. The molecule has 154 valence electrons. The van der Waals surface area contributed by atoms with Crippen molar-refractivity contribution in [1.29, 1.82) is 0 Å². The molecule has 3 nitrogen and oxygen atoms in total. The van der Waals surface area contributed by atoms with Crippen molar-refractivity contribution >= 4 is 27.5 Å². The molecule has 5 heteroatoms. The van der Waals surface area contributed by atoms with Crippen LogP contribution in [0.25, 0.3) is 0 Å². The summed E-state index contributed by atoms with van der Waals surface area (Å²) in [6.45, 7) is 12.5. The fourth-order valence-electron chi connectivity index (χ4n) is 3.53. The minimum absolute atomic E-state index is 0.0414. The second kappa shape index (κ2) is 9.51. The van der Waals surface area contributed by atoms with Crippen molar-refractivity contribution in [2.45, 2.75) is 59.7 Å². The van der Waals surface area contributed by atoms with E-state index in [9.17, 15) is 0 Å². The van der Waals surface area contributed by atoms with E-state index in [1.807, 2.05) is 30.3 Å². The molecule has 0 saturated heterocycles. The van der Waals surface area contributed by atoms with Gasteiger partial charge >= 0.3 is 0 Å². The quantitative estimate of drug-likeness (QED) is 0.452. The Kier molecular flexibility index (Phi) is 7.83. The molecule has 0 saturated carbocycles. The average molecular weight is 469 g/mol. The molecule has 0 aromatic heterocycles. The number of ether oxygens (including phenoxy) is 2. The van der Waals surface area contributed by atoms with Gasteiger partial charge in [0.1, 0.15) is 6.61 Å². The zero-order chi connectivity index (χ0) is 20.9. The van der Waals surface area contributed by atoms with E-state index in [0.29, 0.717) is 23.1 Å². The molecule has 28 heavy (non-hydrogen) atoms. The summed E-state index contributed by atoms with van der Waals surface area (Å²) in [5.74, 6) is 1.40. The number of hydrogen-bond acceptors (Lipinski definition) is 3. The highest BCUT2D eigenvalue weighted by Crippen LogP contribution is 2.37. The third kappa shape index (κ3) is 7.31. The van der Waals surface area contributed by atoms with Crippen molar-refractivity contribution in [3.8, 4) is 11.5 Å². The summed E-state index contributed by atoms with van der Waals surface area (Å²) in [5.41, 5.74) is 2.46. The molecule has 0 aliphatic rings. The number of rotatable bonds is 8. The molecule has 0 aliphatic carbocycles. The second-order valence-electron chi connectivity index (χ2n) is 9.00. The molecule has 0 aliphatic heterocycles. The fraction of sp³-hybridized carbons (Fsp3) is 0.478. The Labute approximate surface area is 182 Å². The molecule has 0 bridgehead atoms. The molecule has 0 spiro atoms. The average Bonchev–Trinajstić information content (AvgIpc) is 2.56. The predicted molar refractivity (Wildman–Crippen MR) is 121 cm³/mol. The van der Waals surface area contributed by atoms with Crippen LogP contribution in [0.2, 0.25) is 5.02 Å². The van der Waals surface area contributed by atoms with Crippen LogP contribution in [0.3, 0.4) is 0 Å². The van der Waals surface area contributed by atoms with E-state index in [1.165, 1.54) is 0 Å². The zero-order valence-electron chi connectivity index (χ0n) is 17.7. The van der Waals surface area contributed by atoms with Gasteiger partial charge in [0, 0.05) is 17.1 Å². The Balaban J connectivity index is 2.10. The smallest absolute Gasteiger partial charge is 0.175 e. The van der Waals surface area contributed by atoms with Crippen molar-refractivity contribution in [3.63, 3.8) is 0 Å². The molecule has 0 fully saturated rings. The van der Waals surface area contributed by atoms with Crippen LogP contribution in [0.1, 0.15) is 52.2 Å². The first-order valence-electron chi connectivity index (χ1n) is 9.48. The van der Waals surface area contributed by atoms with Crippen LogP contribution in [0.5, 0.6) is 11.5 Å². The number of nitrogens with one attached hydrogen (secondary N) is 1. The van der Waals surface area contributed by atoms with Crippen LogP contribution in [-0.2, 0) is 13.2 Å². The maximum Gasteiger partial charge on any atom is 0.175 e. The number of benzene rings is 2. The maximum atomic E-state index is 6.05. The molecule has 0 radical (unpaired) electrons. The molecule has 1 N–H and O–H groups in total. The molecule has 2 aromatic rings. The van der Waals surface area contributed by atoms with Crippen molar-refractivity contribution in [1.82, 2.24) is 5.32 Å². The standard InChI is InChI=1S/C23H31BrClNO2/c1-22(2,3)15-23(4,5)26-13-17-11-19(24)21(20(12-17)27-6)28-14-16-8-7-9-18(25)10-16/h7-12,26H,13-15H2,1-6H3. The highest BCUT2D eigenvalue weighted by Gasteiger charge is 2.25. The summed E-state index contributed by atoms with van der Waals surface area (Å²) < 4.78 is 12.5. The van der Waals surface area contributed by atoms with Gasteiger partial charge < -0.3 is 14.8 Å². The van der Waals surface area contributed by atoms with E-state index >= 15 is 0 Å². The van der Waals surface area contributed by atoms with E-state index < -0.39 is 0 Å². The molecule has 0 unspecified atom stereocenters. The molecular weight excluding hydrogens is 438 g/mol. The zero-order valence-corrected chi connectivity index (χ0v) is 20.0. The van der Waals surface area contributed by atoms with Gasteiger partial charge in [0.2, 0.25) is 0 Å². The minimum Gasteiger partial charge on any atom is -0.493 e. The molecule has 0 atom stereocenters. The summed E-state index contributed by atoms with van der Waals surface area (Å²) in [6.07, 6.45) is 1.08. The van der Waals surface area contributed by atoms with Crippen molar-refractivity contribution < 1.29 is 9.47 Å². The monoisotopic (exact) mass is 467 g/mol. The van der Waals surface area contributed by atoms with Gasteiger partial charge in [-0.05, 0) is 77.0 Å². The summed E-state index contributed by atoms with van der Waals surface area (Å²) in [7, 11) is 1.66. The Morgan fingerprint density at radius 2 is 1.75 bits per heavy atom. The topological polar surface area (TPSA) is 30.5 Å². The predicted octanol–water partition coefficient (Wildman–Crippen LogP) is 6.99. The van der Waals surface area contributed by atoms with E-state index in [1.54, 1.807) is 7.11 Å². The Hall–Kier alpha value is -1.23. The lowest BCUT2D eigenvalue weighted by Gasteiger charge is -2.33. The first-order chi connectivity index (χ1) is 13.0. The van der Waals surface area contributed by atoms with E-state index in [-0.39, 0.29) is 11.0 Å². The fourth-order valence-corrected chi connectivity index (χ4v) is 4.34. The Bertz CT molecular complexity index is 800. The summed E-state index contributed by atoms with van der Waals surface area (Å²) >= 11 is 9.69. The van der Waals surface area contributed by atoms with Crippen molar-refractivity contribution in [2.75, 3.05) is 7.11 Å². The van der Waals surface area contributed by atoms with Gasteiger partial charge in [0.25, 0.3) is 0 Å². The van der Waals surface area contributed by atoms with Crippen molar-refractivity contribution in [3.05, 3.63) is 57.0 Å². The minimum atomic E-state index is 0.0414. The van der Waals surface area contributed by atoms with Gasteiger partial charge in [-0.25, -0.2) is 0 Å². The number of hydrogen-bond donors (Lipinski definition) is 1. The third-order valence-electron chi connectivity index (χ3n) is 4.30. The first-order valence-corrected chi connectivity index (χ1v) is 10.6. The SMILES string of the molecule is COc1cc(CNC(C)(C)CC(C)(C)C)cc(Br)c1OCc1cccc(Cl)c1. The lowest BCUT2D eigenvalue weighted by Crippen LogP contribution is -2.41. The summed E-state index contributed by atoms with van der Waals surface area (Å²) in [5, 5.41) is 4.36. The van der Waals surface area contributed by atoms with Gasteiger partial charge in [0.15, 0.2) is 11.5 Å². The van der Waals surface area contributed by atoms with Gasteiger partial charge in [-0.15, -0.1) is 0 Å². The highest BCUT2D eigenvalue weighted by molar-refractivity contribution is 9.10.